The Morgan fingerprint density at radius 1 is 1.42 bits per heavy atom. The molecular weight excluding hydrogens is 522 g/mol. The molecule has 0 spiro atoms. The summed E-state index contributed by atoms with van der Waals surface area (Å²) in [7, 11) is 7.09. The number of amides is 2. The number of hydrogen-bond donors (Lipinski definition) is 2. The Kier molecular flexibility index (Phi) is 7.69. The van der Waals surface area contributed by atoms with Gasteiger partial charge in [-0.1, -0.05) is 24.1 Å². The molecule has 1 aliphatic rings. The zero-order valence-corrected chi connectivity index (χ0v) is 23.5. The number of aromatic nitrogens is 4. The second-order valence-electron chi connectivity index (χ2n) is 9.09. The van der Waals surface area contributed by atoms with Crippen LogP contribution in [0.25, 0.3) is 11.0 Å². The van der Waals surface area contributed by atoms with Gasteiger partial charge in [0.15, 0.2) is 5.69 Å². The van der Waals surface area contributed by atoms with Gasteiger partial charge in [0.2, 0.25) is 5.91 Å². The lowest BCUT2D eigenvalue weighted by Gasteiger charge is -2.27. The first-order valence-electron chi connectivity index (χ1n) is 12.0. The van der Waals surface area contributed by atoms with E-state index in [1.165, 1.54) is 6.08 Å². The van der Waals surface area contributed by atoms with Crippen LogP contribution in [-0.4, -0.2) is 79.6 Å². The van der Waals surface area contributed by atoms with Crippen molar-refractivity contribution in [1.29, 1.82) is 0 Å². The van der Waals surface area contributed by atoms with E-state index in [1.807, 2.05) is 26.0 Å². The summed E-state index contributed by atoms with van der Waals surface area (Å²) in [6.45, 7) is 8.94. The molecule has 38 heavy (non-hydrogen) atoms. The van der Waals surface area contributed by atoms with Crippen molar-refractivity contribution in [2.45, 2.75) is 38.0 Å². The summed E-state index contributed by atoms with van der Waals surface area (Å²) >= 11 is 6.57. The number of benzene rings is 1. The number of halogens is 1. The Bertz CT molecular complexity index is 1500. The number of rotatable bonds is 7. The fourth-order valence-corrected chi connectivity index (χ4v) is 5.79. The lowest BCUT2D eigenvalue weighted by molar-refractivity contribution is -0.127. The quantitative estimate of drug-likeness (QED) is 0.264. The molecule has 0 bridgehead atoms. The summed E-state index contributed by atoms with van der Waals surface area (Å²) in [5.41, 5.74) is 8.34. The molecule has 3 aromatic rings. The number of nitrogens with zero attached hydrogens (tertiary/aromatic N) is 5. The minimum Gasteiger partial charge on any atom is -0.383 e. The summed E-state index contributed by atoms with van der Waals surface area (Å²) in [6.07, 6.45) is 1.72. The molecule has 3 radical (unpaired) electrons. The molecule has 0 aliphatic carbocycles. The largest absolute Gasteiger partial charge is 0.383 e. The highest BCUT2D eigenvalue weighted by Gasteiger charge is 2.46. The lowest BCUT2D eigenvalue weighted by atomic mass is 10.1. The zero-order chi connectivity index (χ0) is 27.8. The SMILES string of the molecule is C=CC(=O)N1C[C@@]([Si])(n2nc(C#Cc3cc4nc(C)n(CC)c4cc3Cl)c(C(N)=O)c2NC)C[C@@H]1COC. The van der Waals surface area contributed by atoms with Gasteiger partial charge in [-0.3, -0.25) is 9.59 Å². The molecule has 0 saturated carbocycles. The first-order chi connectivity index (χ1) is 18.1. The molecule has 3 heterocycles. The number of anilines is 1. The molecule has 1 aromatic carbocycles. The number of likely N-dealkylation sites (tertiary alicyclic amines) is 1. The third kappa shape index (κ3) is 4.71. The van der Waals surface area contributed by atoms with Crippen LogP contribution in [0, 0.1) is 18.8 Å². The molecule has 2 atom stereocenters. The number of aryl methyl sites for hydroxylation is 2. The van der Waals surface area contributed by atoms with E-state index in [-0.39, 0.29) is 29.8 Å². The van der Waals surface area contributed by atoms with E-state index in [2.05, 4.69) is 48.6 Å². The topological polar surface area (TPSA) is 120 Å². The molecular formula is C26H29ClN7O3Si. The Morgan fingerprint density at radius 3 is 2.76 bits per heavy atom. The van der Waals surface area contributed by atoms with E-state index in [4.69, 9.17) is 22.1 Å². The number of hydrogen-bond acceptors (Lipinski definition) is 6. The number of fused-ring (bicyclic) bond motifs is 1. The lowest BCUT2D eigenvalue weighted by Crippen LogP contribution is -2.41. The Hall–Kier alpha value is -3.59. The van der Waals surface area contributed by atoms with Gasteiger partial charge >= 0.3 is 0 Å². The predicted octanol–water partition coefficient (Wildman–Crippen LogP) is 2.01. The molecule has 197 valence electrons. The first kappa shape index (κ1) is 27.4. The van der Waals surface area contributed by atoms with Crippen molar-refractivity contribution in [3.05, 3.63) is 52.5 Å². The molecule has 10 nitrogen and oxygen atoms in total. The summed E-state index contributed by atoms with van der Waals surface area (Å²) < 4.78 is 9.02. The fourth-order valence-electron chi connectivity index (χ4n) is 5.01. The monoisotopic (exact) mass is 550 g/mol. The molecule has 1 saturated heterocycles. The van der Waals surface area contributed by atoms with Crippen LogP contribution in [-0.2, 0) is 21.2 Å². The van der Waals surface area contributed by atoms with E-state index in [0.717, 1.165) is 23.4 Å². The van der Waals surface area contributed by atoms with Gasteiger partial charge in [-0.25, -0.2) is 9.67 Å². The second-order valence-corrected chi connectivity index (χ2v) is 10.4. The third-order valence-electron chi connectivity index (χ3n) is 6.70. The van der Waals surface area contributed by atoms with Crippen molar-refractivity contribution < 1.29 is 14.3 Å². The summed E-state index contributed by atoms with van der Waals surface area (Å²) in [4.78, 5) is 31.4. The predicted molar refractivity (Wildman–Crippen MR) is 147 cm³/mol. The highest BCUT2D eigenvalue weighted by Crippen LogP contribution is 2.35. The highest BCUT2D eigenvalue weighted by molar-refractivity contribution is 6.32. The van der Waals surface area contributed by atoms with Gasteiger partial charge in [-0.15, -0.1) is 0 Å². The van der Waals surface area contributed by atoms with Crippen LogP contribution < -0.4 is 11.1 Å². The van der Waals surface area contributed by atoms with Gasteiger partial charge < -0.3 is 25.3 Å². The van der Waals surface area contributed by atoms with Crippen LogP contribution >= 0.6 is 11.6 Å². The van der Waals surface area contributed by atoms with Gasteiger partial charge in [-0.05, 0) is 44.4 Å². The van der Waals surface area contributed by atoms with Crippen LogP contribution in [0.5, 0.6) is 0 Å². The van der Waals surface area contributed by atoms with Crippen LogP contribution in [0.3, 0.4) is 0 Å². The summed E-state index contributed by atoms with van der Waals surface area (Å²) in [5.74, 6) is 6.36. The molecule has 2 amide bonds. The smallest absolute Gasteiger partial charge is 0.255 e. The van der Waals surface area contributed by atoms with Crippen molar-refractivity contribution >= 4 is 50.5 Å². The number of nitrogens with one attached hydrogen (secondary N) is 1. The number of ether oxygens (including phenoxy) is 1. The average molecular weight is 551 g/mol. The summed E-state index contributed by atoms with van der Waals surface area (Å²) in [5, 5.41) is 7.31. The van der Waals surface area contributed by atoms with Crippen molar-refractivity contribution in [3.8, 4) is 11.8 Å². The summed E-state index contributed by atoms with van der Waals surface area (Å²) in [6, 6.07) is 3.42. The van der Waals surface area contributed by atoms with Crippen LogP contribution in [0.4, 0.5) is 5.82 Å². The van der Waals surface area contributed by atoms with Crippen molar-refractivity contribution in [2.75, 3.05) is 32.6 Å². The average Bonchev–Trinajstić information content (AvgIpc) is 3.52. The molecule has 1 fully saturated rings. The van der Waals surface area contributed by atoms with Gasteiger partial charge in [-0.2, -0.15) is 5.10 Å². The maximum absolute atomic E-state index is 12.6. The maximum atomic E-state index is 12.6. The van der Waals surface area contributed by atoms with Crippen LogP contribution in [0.1, 0.15) is 40.8 Å². The van der Waals surface area contributed by atoms with Crippen molar-refractivity contribution in [1.82, 2.24) is 24.2 Å². The number of imidazole rings is 1. The number of carbonyl (C=O) groups is 2. The Balaban J connectivity index is 1.81. The minimum atomic E-state index is -0.856. The minimum absolute atomic E-state index is 0.137. The standard InChI is InChI=1S/C26H29ClN7O3Si/c1-6-22(35)33-14-26(38,12-17(33)13-37-5)34-25(29-4)23(24(28)36)19(31-34)9-8-16-10-20-21(11-18(16)27)32(7-2)15(3)30-20/h6,10-11,17,29H,1,7,12-14H2,2-5H3,(H2,28,36)/t17-,26-/m1/s1. The highest BCUT2D eigenvalue weighted by atomic mass is 35.5. The van der Waals surface area contributed by atoms with E-state index < -0.39 is 11.1 Å². The van der Waals surface area contributed by atoms with Gasteiger partial charge in [0.1, 0.15) is 17.2 Å². The molecule has 1 aliphatic heterocycles. The normalized spacial score (nSPS) is 18.9. The van der Waals surface area contributed by atoms with E-state index in [9.17, 15) is 9.59 Å². The van der Waals surface area contributed by atoms with Gasteiger partial charge in [0.25, 0.3) is 5.91 Å². The second kappa shape index (κ2) is 10.6. The van der Waals surface area contributed by atoms with Crippen LogP contribution in [0.15, 0.2) is 24.8 Å². The van der Waals surface area contributed by atoms with E-state index >= 15 is 0 Å². The molecule has 0 unspecified atom stereocenters. The van der Waals surface area contributed by atoms with Gasteiger partial charge in [0, 0.05) is 32.8 Å². The third-order valence-corrected chi connectivity index (χ3v) is 7.58. The number of methoxy groups -OCH3 is 1. The first-order valence-corrected chi connectivity index (χ1v) is 12.9. The number of primary amides is 1. The van der Waals surface area contributed by atoms with E-state index in [0.29, 0.717) is 29.4 Å². The molecule has 3 N–H and O–H groups in total. The fraction of sp³-hybridized carbons (Fsp3) is 0.385. The van der Waals surface area contributed by atoms with E-state index in [1.54, 1.807) is 23.7 Å². The van der Waals surface area contributed by atoms with Crippen molar-refractivity contribution in [3.63, 3.8) is 0 Å². The van der Waals surface area contributed by atoms with Gasteiger partial charge in [0.05, 0.1) is 44.1 Å². The molecule has 2 aromatic heterocycles. The molecule has 12 heteroatoms. The zero-order valence-electron chi connectivity index (χ0n) is 21.8. The number of carbonyl (C=O) groups excluding carboxylic acids is 2. The molecule has 4 rings (SSSR count). The Labute approximate surface area is 229 Å². The van der Waals surface area contributed by atoms with Crippen molar-refractivity contribution in [2.24, 2.45) is 5.73 Å². The maximum Gasteiger partial charge on any atom is 0.255 e. The van der Waals surface area contributed by atoms with Crippen LogP contribution in [0.2, 0.25) is 5.02 Å². The Morgan fingerprint density at radius 2 is 2.16 bits per heavy atom. The number of nitrogens with two attached hydrogens (primary N) is 1.